The molecule has 0 aliphatic carbocycles. The minimum absolute atomic E-state index is 0.183. The van der Waals surface area contributed by atoms with Crippen LogP contribution in [0.3, 0.4) is 0 Å². The molecular weight excluding hydrogens is 231 g/mol. The van der Waals surface area contributed by atoms with Crippen molar-refractivity contribution in [3.63, 3.8) is 0 Å². The molecule has 0 aromatic carbocycles. The van der Waals surface area contributed by atoms with Gasteiger partial charge in [0.05, 0.1) is 0 Å². The van der Waals surface area contributed by atoms with Gasteiger partial charge in [-0.3, -0.25) is 18.4 Å². The lowest BCUT2D eigenvalue weighted by molar-refractivity contribution is -0.124. The maximum Gasteiger partial charge on any atom is 0.474 e. The Morgan fingerprint density at radius 3 is 2.38 bits per heavy atom. The van der Waals surface area contributed by atoms with Gasteiger partial charge in [-0.2, -0.15) is 0 Å². The van der Waals surface area contributed by atoms with E-state index in [2.05, 4.69) is 20.9 Å². The van der Waals surface area contributed by atoms with Gasteiger partial charge in [-0.15, -0.1) is 11.8 Å². The highest BCUT2D eigenvalue weighted by molar-refractivity contribution is 7.48. The van der Waals surface area contributed by atoms with Crippen LogP contribution >= 0.6 is 7.82 Å². The van der Waals surface area contributed by atoms with Gasteiger partial charge in [0.2, 0.25) is 0 Å². The molecule has 0 aromatic rings. The fraction of sp³-hybridized carbons (Fsp3) is 0.700. The highest BCUT2D eigenvalue weighted by Crippen LogP contribution is 2.47. The molecule has 0 fully saturated rings. The van der Waals surface area contributed by atoms with E-state index < -0.39 is 7.82 Å². The maximum atomic E-state index is 11.5. The predicted octanol–water partition coefficient (Wildman–Crippen LogP) is 2.02. The van der Waals surface area contributed by atoms with Gasteiger partial charge in [0.25, 0.3) is 0 Å². The summed E-state index contributed by atoms with van der Waals surface area (Å²) in [5, 5.41) is 0. The van der Waals surface area contributed by atoms with E-state index in [0.717, 1.165) is 0 Å². The molecule has 0 saturated carbocycles. The summed E-state index contributed by atoms with van der Waals surface area (Å²) in [6, 6.07) is 0. The summed E-state index contributed by atoms with van der Waals surface area (Å²) >= 11 is 0. The normalized spacial score (nSPS) is 12.8. The first-order valence-corrected chi connectivity index (χ1v) is 6.23. The molecule has 0 N–H and O–H groups in total. The van der Waals surface area contributed by atoms with Crippen LogP contribution in [-0.2, 0) is 22.9 Å². The zero-order valence-electron chi connectivity index (χ0n) is 9.98. The predicted molar refractivity (Wildman–Crippen MR) is 59.8 cm³/mol. The third-order valence-corrected chi connectivity index (χ3v) is 3.29. The molecule has 0 aliphatic rings. The lowest BCUT2D eigenvalue weighted by Crippen LogP contribution is -2.16. The first kappa shape index (κ1) is 15.3. The average Bonchev–Trinajstić information content (AvgIpc) is 2.32. The van der Waals surface area contributed by atoms with Crippen molar-refractivity contribution in [3.05, 3.63) is 0 Å². The van der Waals surface area contributed by atoms with Gasteiger partial charge < -0.3 is 0 Å². The summed E-state index contributed by atoms with van der Waals surface area (Å²) < 4.78 is 25.3. The molecular formula is C10H17O5P. The fourth-order valence-electron chi connectivity index (χ4n) is 0.834. The van der Waals surface area contributed by atoms with Gasteiger partial charge in [-0.05, 0) is 6.92 Å². The van der Waals surface area contributed by atoms with Crippen molar-refractivity contribution in [3.8, 4) is 11.8 Å². The molecule has 0 amide bonds. The molecule has 5 nitrogen and oxygen atoms in total. The molecule has 0 radical (unpaired) electrons. The van der Waals surface area contributed by atoms with E-state index >= 15 is 0 Å². The summed E-state index contributed by atoms with van der Waals surface area (Å²) in [5.41, 5.74) is 0. The Hall–Kier alpha value is -0.660. The highest BCUT2D eigenvalue weighted by Gasteiger charge is 2.25. The van der Waals surface area contributed by atoms with Crippen molar-refractivity contribution in [2.75, 3.05) is 20.8 Å². The van der Waals surface area contributed by atoms with Crippen LogP contribution in [-0.4, -0.2) is 26.6 Å². The van der Waals surface area contributed by atoms with E-state index in [1.165, 1.54) is 14.2 Å². The SMILES string of the molecule is CC#CCC(C)C(=O)COP(=O)(OC)OC. The molecule has 0 aromatic heterocycles. The summed E-state index contributed by atoms with van der Waals surface area (Å²) in [6.07, 6.45) is 0.461. The number of carbonyl (C=O) groups excluding carboxylic acids is 1. The standard InChI is InChI=1S/C10H17O5P/c1-5-6-7-9(2)10(11)8-15-16(12,13-3)14-4/h9H,7-8H2,1-4H3. The molecule has 0 rings (SSSR count). The third kappa shape index (κ3) is 5.43. The Morgan fingerprint density at radius 2 is 1.94 bits per heavy atom. The van der Waals surface area contributed by atoms with Crippen molar-refractivity contribution in [2.45, 2.75) is 20.3 Å². The molecule has 0 spiro atoms. The van der Waals surface area contributed by atoms with Gasteiger partial charge >= 0.3 is 7.82 Å². The van der Waals surface area contributed by atoms with Crippen LogP contribution in [0.25, 0.3) is 0 Å². The van der Waals surface area contributed by atoms with Gasteiger partial charge in [0.15, 0.2) is 5.78 Å². The Labute approximate surface area is 96.1 Å². The Kier molecular flexibility index (Phi) is 7.27. The van der Waals surface area contributed by atoms with Gasteiger partial charge in [0, 0.05) is 26.6 Å². The van der Waals surface area contributed by atoms with Crippen molar-refractivity contribution in [2.24, 2.45) is 5.92 Å². The molecule has 6 heteroatoms. The first-order valence-electron chi connectivity index (χ1n) is 4.77. The van der Waals surface area contributed by atoms with E-state index in [9.17, 15) is 9.36 Å². The van der Waals surface area contributed by atoms with E-state index in [0.29, 0.717) is 6.42 Å². The Bertz CT molecular complexity index is 320. The van der Waals surface area contributed by atoms with E-state index in [4.69, 9.17) is 4.52 Å². The molecule has 92 valence electrons. The lowest BCUT2D eigenvalue weighted by atomic mass is 10.0. The van der Waals surface area contributed by atoms with Gasteiger partial charge in [-0.25, -0.2) is 4.57 Å². The number of Topliss-reactive ketones (excluding diaryl/α,β-unsaturated/α-hetero) is 1. The van der Waals surface area contributed by atoms with Crippen LogP contribution in [0.2, 0.25) is 0 Å². The van der Waals surface area contributed by atoms with Gasteiger partial charge in [0.1, 0.15) is 6.61 Å². The third-order valence-electron chi connectivity index (χ3n) is 1.95. The number of rotatable bonds is 7. The fourth-order valence-corrected chi connectivity index (χ4v) is 1.48. The molecule has 0 heterocycles. The molecule has 0 aliphatic heterocycles. The number of phosphoric ester groups is 1. The van der Waals surface area contributed by atoms with Crippen LogP contribution in [0.1, 0.15) is 20.3 Å². The van der Waals surface area contributed by atoms with Crippen LogP contribution in [0.4, 0.5) is 0 Å². The number of ketones is 1. The smallest absolute Gasteiger partial charge is 0.297 e. The molecule has 1 unspecified atom stereocenters. The molecule has 0 bridgehead atoms. The number of hydrogen-bond donors (Lipinski definition) is 0. The van der Waals surface area contributed by atoms with Crippen LogP contribution in [0.5, 0.6) is 0 Å². The molecule has 16 heavy (non-hydrogen) atoms. The zero-order valence-corrected chi connectivity index (χ0v) is 10.9. The van der Waals surface area contributed by atoms with Crippen molar-refractivity contribution in [1.29, 1.82) is 0 Å². The second-order valence-electron chi connectivity index (χ2n) is 3.08. The van der Waals surface area contributed by atoms with Gasteiger partial charge in [-0.1, -0.05) is 6.92 Å². The first-order chi connectivity index (χ1) is 7.49. The Balaban J connectivity index is 4.14. The maximum absolute atomic E-state index is 11.5. The molecule has 0 saturated heterocycles. The van der Waals surface area contributed by atoms with Crippen LogP contribution in [0.15, 0.2) is 0 Å². The summed E-state index contributed by atoms with van der Waals surface area (Å²) in [6.45, 7) is 3.14. The quantitative estimate of drug-likeness (QED) is 0.509. The second kappa shape index (κ2) is 7.59. The monoisotopic (exact) mass is 248 g/mol. The number of carbonyl (C=O) groups is 1. The summed E-state index contributed by atoms with van der Waals surface area (Å²) in [5.74, 6) is 5.06. The average molecular weight is 248 g/mol. The van der Waals surface area contributed by atoms with Crippen LogP contribution < -0.4 is 0 Å². The number of phosphoric acid groups is 1. The minimum Gasteiger partial charge on any atom is -0.297 e. The van der Waals surface area contributed by atoms with E-state index in [1.807, 2.05) is 0 Å². The van der Waals surface area contributed by atoms with E-state index in [-0.39, 0.29) is 18.3 Å². The van der Waals surface area contributed by atoms with Crippen molar-refractivity contribution >= 4 is 13.6 Å². The molecule has 1 atom stereocenters. The van der Waals surface area contributed by atoms with E-state index in [1.54, 1.807) is 13.8 Å². The zero-order chi connectivity index (χ0) is 12.6. The summed E-state index contributed by atoms with van der Waals surface area (Å²) in [7, 11) is -1.17. The van der Waals surface area contributed by atoms with Crippen molar-refractivity contribution in [1.82, 2.24) is 0 Å². The summed E-state index contributed by atoms with van der Waals surface area (Å²) in [4.78, 5) is 11.5. The second-order valence-corrected chi connectivity index (χ2v) is 4.97. The largest absolute Gasteiger partial charge is 0.474 e. The van der Waals surface area contributed by atoms with Crippen molar-refractivity contribution < 1.29 is 22.9 Å². The van der Waals surface area contributed by atoms with Crippen LogP contribution in [0, 0.1) is 17.8 Å². The minimum atomic E-state index is -3.56. The highest BCUT2D eigenvalue weighted by atomic mass is 31.2. The topological polar surface area (TPSA) is 61.8 Å². The Morgan fingerprint density at radius 1 is 1.38 bits per heavy atom. The number of hydrogen-bond acceptors (Lipinski definition) is 5. The lowest BCUT2D eigenvalue weighted by Gasteiger charge is -2.13.